The molecule has 0 aromatic carbocycles. The quantitative estimate of drug-likeness (QED) is 0.366. The van der Waals surface area contributed by atoms with Gasteiger partial charge in [-0.3, -0.25) is 0 Å². The first-order valence-electron chi connectivity index (χ1n) is 13.9. The fraction of sp³-hybridized carbons (Fsp3) is 0.677. The van der Waals surface area contributed by atoms with Crippen LogP contribution < -0.4 is 0 Å². The second-order valence-electron chi connectivity index (χ2n) is 12.8. The number of nitrogens with zero attached hydrogens (tertiary/aromatic N) is 3. The van der Waals surface area contributed by atoms with Crippen LogP contribution in [0.2, 0.25) is 0 Å². The Labute approximate surface area is 217 Å². The highest BCUT2D eigenvalue weighted by Gasteiger charge is 2.67. The van der Waals surface area contributed by atoms with E-state index in [-0.39, 0.29) is 28.3 Å². The van der Waals surface area contributed by atoms with E-state index < -0.39 is 0 Å². The molecule has 4 aliphatic carbocycles. The van der Waals surface area contributed by atoms with E-state index in [9.17, 15) is 5.11 Å². The first-order chi connectivity index (χ1) is 16.9. The summed E-state index contributed by atoms with van der Waals surface area (Å²) in [5.41, 5.74) is 4.47. The molecule has 0 unspecified atom stereocenters. The molecule has 1 aromatic rings. The number of fused-ring (bicyclic) bond motifs is 5. The zero-order valence-electron chi connectivity index (χ0n) is 23.5. The van der Waals surface area contributed by atoms with Crippen LogP contribution in [0.25, 0.3) is 0 Å². The third-order valence-electron chi connectivity index (χ3n) is 10.9. The summed E-state index contributed by atoms with van der Waals surface area (Å²) in [6.07, 6.45) is 13.4. The van der Waals surface area contributed by atoms with E-state index in [0.29, 0.717) is 17.8 Å². The predicted molar refractivity (Wildman–Crippen MR) is 148 cm³/mol. The molecule has 8 atom stereocenters. The second-order valence-corrected chi connectivity index (χ2v) is 12.8. The molecule has 0 amide bonds. The van der Waals surface area contributed by atoms with Crippen molar-refractivity contribution in [1.29, 1.82) is 0 Å². The number of allylic oxidation sites excluding steroid dienone is 4. The Hall–Kier alpha value is -2.14. The standard InChI is InChI=1S/C31H45N3O2/c1-9-27(33-34(7)8)31(6)19(2)14-25-24-11-10-21-16-22(32-23-15-20(3)36-18-23)12-13-29(21,4)28(24)26(35)17-30(25,31)5/h12-13,15-16,18-19,24-26,28,35H,9-11,14,17H2,1-8H3/b32-22?,33-27-/t19-,24+,25+,26+,28-,29+,30+,31-/m1/s1. The van der Waals surface area contributed by atoms with Crippen LogP contribution in [0.4, 0.5) is 5.69 Å². The summed E-state index contributed by atoms with van der Waals surface area (Å²) in [6.45, 7) is 13.9. The van der Waals surface area contributed by atoms with E-state index in [4.69, 9.17) is 14.5 Å². The van der Waals surface area contributed by atoms with Crippen LogP contribution in [0.5, 0.6) is 0 Å². The molecular formula is C31H45N3O2. The molecule has 4 aliphatic rings. The van der Waals surface area contributed by atoms with Crippen molar-refractivity contribution >= 4 is 17.1 Å². The maximum absolute atomic E-state index is 11.9. The van der Waals surface area contributed by atoms with E-state index in [1.165, 1.54) is 17.7 Å². The number of aliphatic imine (C=N–C) groups is 1. The lowest BCUT2D eigenvalue weighted by Gasteiger charge is -2.60. The lowest BCUT2D eigenvalue weighted by Crippen LogP contribution is -2.58. The summed E-state index contributed by atoms with van der Waals surface area (Å²) in [7, 11) is 4.06. The highest BCUT2D eigenvalue weighted by atomic mass is 16.3. The summed E-state index contributed by atoms with van der Waals surface area (Å²) in [4.78, 5) is 4.81. The van der Waals surface area contributed by atoms with Crippen LogP contribution >= 0.6 is 0 Å². The van der Waals surface area contributed by atoms with Crippen LogP contribution in [0.15, 0.2) is 50.6 Å². The maximum Gasteiger partial charge on any atom is 0.116 e. The van der Waals surface area contributed by atoms with Gasteiger partial charge in [0.2, 0.25) is 0 Å². The molecule has 3 fully saturated rings. The summed E-state index contributed by atoms with van der Waals surface area (Å²) in [5.74, 6) is 2.78. The number of aliphatic hydroxyl groups excluding tert-OH is 1. The SMILES string of the molecule is CC/C(=N/N(C)C)[C@@]1(C)[C@H](C)C[C@H]2[C@@H]3CCC4=CC(=Nc5coc(C)c5)C=C[C@]4(C)[C@H]3[C@@H](O)C[C@@]21C. The van der Waals surface area contributed by atoms with Crippen LogP contribution in [0.3, 0.4) is 0 Å². The van der Waals surface area contributed by atoms with Gasteiger partial charge < -0.3 is 14.5 Å². The Morgan fingerprint density at radius 3 is 2.64 bits per heavy atom. The molecule has 196 valence electrons. The van der Waals surface area contributed by atoms with Gasteiger partial charge in [0.25, 0.3) is 0 Å². The molecule has 5 rings (SSSR count). The number of aryl methyl sites for hydroxylation is 1. The van der Waals surface area contributed by atoms with Gasteiger partial charge >= 0.3 is 0 Å². The fourth-order valence-electron chi connectivity index (χ4n) is 9.00. The van der Waals surface area contributed by atoms with Crippen LogP contribution in [-0.4, -0.2) is 41.7 Å². The van der Waals surface area contributed by atoms with Crippen molar-refractivity contribution in [2.45, 2.75) is 79.8 Å². The highest BCUT2D eigenvalue weighted by Crippen LogP contribution is 2.71. The molecule has 0 aliphatic heterocycles. The Bertz CT molecular complexity index is 1140. The smallest absolute Gasteiger partial charge is 0.116 e. The van der Waals surface area contributed by atoms with Gasteiger partial charge in [0.1, 0.15) is 17.7 Å². The molecule has 3 saturated carbocycles. The van der Waals surface area contributed by atoms with Gasteiger partial charge in [-0.05, 0) is 74.3 Å². The summed E-state index contributed by atoms with van der Waals surface area (Å²) in [5, 5.41) is 18.9. The Morgan fingerprint density at radius 1 is 1.25 bits per heavy atom. The Morgan fingerprint density at radius 2 is 2.00 bits per heavy atom. The normalized spacial score (nSPS) is 43.1. The topological polar surface area (TPSA) is 61.3 Å². The third-order valence-corrected chi connectivity index (χ3v) is 10.9. The van der Waals surface area contributed by atoms with Crippen molar-refractivity contribution in [2.75, 3.05) is 14.1 Å². The van der Waals surface area contributed by atoms with Gasteiger partial charge in [-0.1, -0.05) is 46.3 Å². The lowest BCUT2D eigenvalue weighted by atomic mass is 9.44. The van der Waals surface area contributed by atoms with E-state index >= 15 is 0 Å². The number of rotatable bonds is 4. The molecule has 36 heavy (non-hydrogen) atoms. The van der Waals surface area contributed by atoms with Gasteiger partial charge in [0, 0.05) is 42.6 Å². The number of hydrogen-bond donors (Lipinski definition) is 1. The highest BCUT2D eigenvalue weighted by molar-refractivity contribution is 6.07. The van der Waals surface area contributed by atoms with Gasteiger partial charge in [-0.15, -0.1) is 0 Å². The second kappa shape index (κ2) is 8.72. The maximum atomic E-state index is 11.9. The summed E-state index contributed by atoms with van der Waals surface area (Å²) in [6, 6.07) is 1.97. The molecule has 1 N–H and O–H groups in total. The van der Waals surface area contributed by atoms with Crippen LogP contribution in [-0.2, 0) is 0 Å². The van der Waals surface area contributed by atoms with Crippen LogP contribution in [0, 0.1) is 46.8 Å². The van der Waals surface area contributed by atoms with Gasteiger partial charge in [-0.2, -0.15) is 5.10 Å². The number of furan rings is 1. The minimum Gasteiger partial charge on any atom is -0.467 e. The lowest BCUT2D eigenvalue weighted by molar-refractivity contribution is -0.122. The molecule has 0 saturated heterocycles. The van der Waals surface area contributed by atoms with E-state index in [1.807, 2.05) is 32.1 Å². The van der Waals surface area contributed by atoms with Crippen molar-refractivity contribution in [3.05, 3.63) is 41.9 Å². The largest absolute Gasteiger partial charge is 0.467 e. The molecule has 1 aromatic heterocycles. The van der Waals surface area contributed by atoms with Crippen molar-refractivity contribution in [2.24, 2.45) is 50.0 Å². The fourth-order valence-corrected chi connectivity index (χ4v) is 9.00. The minimum absolute atomic E-state index is 0.00931. The molecule has 5 heteroatoms. The number of aliphatic hydroxyl groups is 1. The molecule has 5 nitrogen and oxygen atoms in total. The minimum atomic E-state index is -0.327. The van der Waals surface area contributed by atoms with E-state index in [1.54, 1.807) is 6.26 Å². The number of hydrazone groups is 1. The molecular weight excluding hydrogens is 446 g/mol. The molecule has 0 spiro atoms. The van der Waals surface area contributed by atoms with E-state index in [0.717, 1.165) is 42.8 Å². The van der Waals surface area contributed by atoms with Crippen LogP contribution in [0.1, 0.15) is 72.5 Å². The average Bonchev–Trinajstić information content (AvgIpc) is 3.31. The van der Waals surface area contributed by atoms with Crippen molar-refractivity contribution in [3.8, 4) is 0 Å². The summed E-state index contributed by atoms with van der Waals surface area (Å²) >= 11 is 0. The monoisotopic (exact) mass is 491 g/mol. The zero-order valence-corrected chi connectivity index (χ0v) is 23.5. The average molecular weight is 492 g/mol. The zero-order chi connectivity index (χ0) is 26.0. The van der Waals surface area contributed by atoms with Crippen molar-refractivity contribution < 1.29 is 9.52 Å². The van der Waals surface area contributed by atoms with Crippen molar-refractivity contribution in [1.82, 2.24) is 5.01 Å². The van der Waals surface area contributed by atoms with Crippen molar-refractivity contribution in [3.63, 3.8) is 0 Å². The molecule has 0 bridgehead atoms. The van der Waals surface area contributed by atoms with Gasteiger partial charge in [0.15, 0.2) is 0 Å². The molecule has 1 heterocycles. The number of hydrogen-bond acceptors (Lipinski definition) is 5. The Balaban J connectivity index is 1.49. The summed E-state index contributed by atoms with van der Waals surface area (Å²) < 4.78 is 5.44. The van der Waals surface area contributed by atoms with E-state index in [2.05, 4.69) is 52.8 Å². The first-order valence-corrected chi connectivity index (χ1v) is 13.9. The Kier molecular flexibility index (Phi) is 6.18. The van der Waals surface area contributed by atoms with Gasteiger partial charge in [0.05, 0.1) is 11.8 Å². The molecule has 0 radical (unpaired) electrons. The first kappa shape index (κ1) is 25.5. The predicted octanol–water partition coefficient (Wildman–Crippen LogP) is 6.95. The third kappa shape index (κ3) is 3.60. The van der Waals surface area contributed by atoms with Gasteiger partial charge in [-0.25, -0.2) is 4.99 Å².